The summed E-state index contributed by atoms with van der Waals surface area (Å²) in [5.41, 5.74) is 0.620. The fraction of sp³-hybridized carbons (Fsp3) is 0.500. The maximum atomic E-state index is 11.7. The molecule has 17 heavy (non-hydrogen) atoms. The summed E-state index contributed by atoms with van der Waals surface area (Å²) in [7, 11) is 0. The lowest BCUT2D eigenvalue weighted by atomic mass is 10.1. The normalized spacial score (nSPS) is 23.6. The molecule has 1 aromatic carbocycles. The first kappa shape index (κ1) is 12.1. The highest BCUT2D eigenvalue weighted by Gasteiger charge is 2.27. The molecule has 92 valence electrons. The smallest absolute Gasteiger partial charge is 0.166 e. The van der Waals surface area contributed by atoms with Crippen LogP contribution in [0.15, 0.2) is 24.3 Å². The SMILES string of the molecule is CCC(=O)c1ccccc1OC1CCCC1O. The molecule has 3 nitrogen and oxygen atoms in total. The van der Waals surface area contributed by atoms with E-state index in [9.17, 15) is 9.90 Å². The van der Waals surface area contributed by atoms with Crippen LogP contribution >= 0.6 is 0 Å². The molecule has 0 bridgehead atoms. The Morgan fingerprint density at radius 3 is 2.82 bits per heavy atom. The van der Waals surface area contributed by atoms with Gasteiger partial charge in [0.05, 0.1) is 11.7 Å². The predicted octanol–water partition coefficient (Wildman–Crippen LogP) is 2.57. The van der Waals surface area contributed by atoms with E-state index in [1.54, 1.807) is 12.1 Å². The molecule has 0 aliphatic heterocycles. The quantitative estimate of drug-likeness (QED) is 0.814. The zero-order chi connectivity index (χ0) is 12.3. The highest BCUT2D eigenvalue weighted by atomic mass is 16.5. The van der Waals surface area contributed by atoms with Gasteiger partial charge in [-0.05, 0) is 31.4 Å². The highest BCUT2D eigenvalue weighted by molar-refractivity contribution is 5.98. The molecule has 2 atom stereocenters. The van der Waals surface area contributed by atoms with Gasteiger partial charge in [-0.1, -0.05) is 19.1 Å². The van der Waals surface area contributed by atoms with Crippen molar-refractivity contribution in [3.63, 3.8) is 0 Å². The second-order valence-electron chi connectivity index (χ2n) is 4.43. The van der Waals surface area contributed by atoms with Crippen molar-refractivity contribution in [3.05, 3.63) is 29.8 Å². The van der Waals surface area contributed by atoms with E-state index in [-0.39, 0.29) is 11.9 Å². The van der Waals surface area contributed by atoms with E-state index in [2.05, 4.69) is 0 Å². The molecule has 1 saturated carbocycles. The Morgan fingerprint density at radius 2 is 2.18 bits per heavy atom. The minimum Gasteiger partial charge on any atom is -0.487 e. The van der Waals surface area contributed by atoms with Crippen molar-refractivity contribution in [3.8, 4) is 5.75 Å². The number of aliphatic hydroxyl groups is 1. The maximum absolute atomic E-state index is 11.7. The zero-order valence-electron chi connectivity index (χ0n) is 10.1. The Hall–Kier alpha value is -1.35. The molecule has 1 fully saturated rings. The fourth-order valence-electron chi connectivity index (χ4n) is 2.20. The third-order valence-corrected chi connectivity index (χ3v) is 3.20. The van der Waals surface area contributed by atoms with Gasteiger partial charge in [-0.2, -0.15) is 0 Å². The Balaban J connectivity index is 2.17. The van der Waals surface area contributed by atoms with Crippen molar-refractivity contribution in [2.45, 2.75) is 44.8 Å². The second-order valence-corrected chi connectivity index (χ2v) is 4.43. The number of para-hydroxylation sites is 1. The first-order chi connectivity index (χ1) is 8.22. The van der Waals surface area contributed by atoms with Gasteiger partial charge >= 0.3 is 0 Å². The summed E-state index contributed by atoms with van der Waals surface area (Å²) in [5.74, 6) is 0.679. The molecule has 0 saturated heterocycles. The number of rotatable bonds is 4. The summed E-state index contributed by atoms with van der Waals surface area (Å²) < 4.78 is 5.77. The standard InChI is InChI=1S/C14H18O3/c1-2-11(15)10-6-3-4-8-13(10)17-14-9-5-7-12(14)16/h3-4,6,8,12,14,16H,2,5,7,9H2,1H3. The van der Waals surface area contributed by atoms with E-state index in [1.165, 1.54) is 0 Å². The molecule has 0 heterocycles. The van der Waals surface area contributed by atoms with Gasteiger partial charge in [0.15, 0.2) is 5.78 Å². The van der Waals surface area contributed by atoms with Crippen molar-refractivity contribution in [1.82, 2.24) is 0 Å². The molecule has 1 aliphatic carbocycles. The van der Waals surface area contributed by atoms with Crippen LogP contribution in [0.4, 0.5) is 0 Å². The number of carbonyl (C=O) groups is 1. The molecule has 2 unspecified atom stereocenters. The summed E-state index contributed by atoms with van der Waals surface area (Å²) in [6.07, 6.45) is 2.52. The van der Waals surface area contributed by atoms with Crippen LogP contribution in [-0.4, -0.2) is 23.1 Å². The monoisotopic (exact) mass is 234 g/mol. The minimum atomic E-state index is -0.403. The molecule has 1 N–H and O–H groups in total. The van der Waals surface area contributed by atoms with Crippen LogP contribution in [0.2, 0.25) is 0 Å². The molecule has 2 rings (SSSR count). The summed E-state index contributed by atoms with van der Waals surface area (Å²) >= 11 is 0. The van der Waals surface area contributed by atoms with Gasteiger partial charge in [0.2, 0.25) is 0 Å². The van der Waals surface area contributed by atoms with Crippen LogP contribution < -0.4 is 4.74 Å². The molecule has 1 aromatic rings. The average Bonchev–Trinajstić information content (AvgIpc) is 2.75. The lowest BCUT2D eigenvalue weighted by Crippen LogP contribution is -2.26. The Bertz CT molecular complexity index is 400. The van der Waals surface area contributed by atoms with Crippen LogP contribution in [-0.2, 0) is 0 Å². The summed E-state index contributed by atoms with van der Waals surface area (Å²) in [4.78, 5) is 11.7. The van der Waals surface area contributed by atoms with Crippen LogP contribution in [0.25, 0.3) is 0 Å². The number of benzene rings is 1. The van der Waals surface area contributed by atoms with E-state index in [0.717, 1.165) is 19.3 Å². The van der Waals surface area contributed by atoms with E-state index < -0.39 is 6.10 Å². The molecule has 0 spiro atoms. The van der Waals surface area contributed by atoms with E-state index in [0.29, 0.717) is 17.7 Å². The number of hydrogen-bond donors (Lipinski definition) is 1. The first-order valence-corrected chi connectivity index (χ1v) is 6.19. The van der Waals surface area contributed by atoms with Gasteiger partial charge in [-0.25, -0.2) is 0 Å². The molecular formula is C14H18O3. The minimum absolute atomic E-state index is 0.0769. The first-order valence-electron chi connectivity index (χ1n) is 6.19. The fourth-order valence-corrected chi connectivity index (χ4v) is 2.20. The van der Waals surface area contributed by atoms with E-state index in [4.69, 9.17) is 4.74 Å². The lowest BCUT2D eigenvalue weighted by molar-refractivity contribution is 0.0593. The predicted molar refractivity (Wildman–Crippen MR) is 65.3 cm³/mol. The van der Waals surface area contributed by atoms with E-state index in [1.807, 2.05) is 19.1 Å². The maximum Gasteiger partial charge on any atom is 0.166 e. The van der Waals surface area contributed by atoms with Crippen LogP contribution in [0.1, 0.15) is 43.0 Å². The van der Waals surface area contributed by atoms with Gasteiger partial charge in [0.1, 0.15) is 11.9 Å². The van der Waals surface area contributed by atoms with Crippen molar-refractivity contribution in [2.75, 3.05) is 0 Å². The largest absolute Gasteiger partial charge is 0.487 e. The molecule has 0 amide bonds. The number of aliphatic hydroxyl groups excluding tert-OH is 1. The molecule has 0 aromatic heterocycles. The number of carbonyl (C=O) groups excluding carboxylic acids is 1. The molecule has 3 heteroatoms. The number of hydrogen-bond acceptors (Lipinski definition) is 3. The van der Waals surface area contributed by atoms with Crippen LogP contribution in [0.5, 0.6) is 5.75 Å². The highest BCUT2D eigenvalue weighted by Crippen LogP contribution is 2.27. The Kier molecular flexibility index (Phi) is 3.79. The molecule has 1 aliphatic rings. The van der Waals surface area contributed by atoms with Gasteiger partial charge < -0.3 is 9.84 Å². The molecular weight excluding hydrogens is 216 g/mol. The molecule has 0 radical (unpaired) electrons. The van der Waals surface area contributed by atoms with Crippen molar-refractivity contribution in [2.24, 2.45) is 0 Å². The zero-order valence-corrected chi connectivity index (χ0v) is 10.1. The summed E-state index contributed by atoms with van der Waals surface area (Å²) in [6, 6.07) is 7.26. The third kappa shape index (κ3) is 2.67. The van der Waals surface area contributed by atoms with Crippen LogP contribution in [0.3, 0.4) is 0 Å². The number of ether oxygens (including phenoxy) is 1. The summed E-state index contributed by atoms with van der Waals surface area (Å²) in [6.45, 7) is 1.84. The third-order valence-electron chi connectivity index (χ3n) is 3.20. The Labute approximate surface area is 101 Å². The Morgan fingerprint density at radius 1 is 1.41 bits per heavy atom. The van der Waals surface area contributed by atoms with Crippen molar-refractivity contribution < 1.29 is 14.6 Å². The second kappa shape index (κ2) is 5.32. The number of Topliss-reactive ketones (excluding diaryl/α,β-unsaturated/α-hetero) is 1. The average molecular weight is 234 g/mol. The van der Waals surface area contributed by atoms with Crippen LogP contribution in [0, 0.1) is 0 Å². The van der Waals surface area contributed by atoms with Gasteiger partial charge in [0.25, 0.3) is 0 Å². The summed E-state index contributed by atoms with van der Waals surface area (Å²) in [5, 5.41) is 9.73. The van der Waals surface area contributed by atoms with Crippen molar-refractivity contribution >= 4 is 5.78 Å². The topological polar surface area (TPSA) is 46.5 Å². The lowest BCUT2D eigenvalue weighted by Gasteiger charge is -2.18. The van der Waals surface area contributed by atoms with E-state index >= 15 is 0 Å². The van der Waals surface area contributed by atoms with Gasteiger partial charge in [-0.3, -0.25) is 4.79 Å². The van der Waals surface area contributed by atoms with Gasteiger partial charge in [-0.15, -0.1) is 0 Å². The van der Waals surface area contributed by atoms with Gasteiger partial charge in [0, 0.05) is 6.42 Å². The van der Waals surface area contributed by atoms with Crippen molar-refractivity contribution in [1.29, 1.82) is 0 Å². The number of ketones is 1.